The zero-order valence-corrected chi connectivity index (χ0v) is 16.1. The number of sulfone groups is 1. The minimum Gasteiger partial charge on any atom is -0.376 e. The highest BCUT2D eigenvalue weighted by Gasteiger charge is 2.21. The highest BCUT2D eigenvalue weighted by Crippen LogP contribution is 2.17. The van der Waals surface area contributed by atoms with Gasteiger partial charge >= 0.3 is 0 Å². The van der Waals surface area contributed by atoms with Crippen molar-refractivity contribution in [3.63, 3.8) is 0 Å². The van der Waals surface area contributed by atoms with Crippen LogP contribution in [0.5, 0.6) is 0 Å². The van der Waals surface area contributed by atoms with Gasteiger partial charge in [-0.15, -0.1) is 0 Å². The first kappa shape index (κ1) is 20.0. The van der Waals surface area contributed by atoms with Crippen molar-refractivity contribution in [3.8, 4) is 0 Å². The number of ether oxygens (including phenoxy) is 1. The predicted octanol–water partition coefficient (Wildman–Crippen LogP) is 2.01. The number of amides is 2. The van der Waals surface area contributed by atoms with Crippen LogP contribution in [0, 0.1) is 0 Å². The Morgan fingerprint density at radius 3 is 2.46 bits per heavy atom. The maximum absolute atomic E-state index is 12.5. The fourth-order valence-corrected chi connectivity index (χ4v) is 4.12. The molecule has 0 radical (unpaired) electrons. The smallest absolute Gasteiger partial charge is 0.253 e. The maximum atomic E-state index is 12.5. The summed E-state index contributed by atoms with van der Waals surface area (Å²) in [5.41, 5.74) is 0.534. The molecule has 1 saturated heterocycles. The van der Waals surface area contributed by atoms with Crippen molar-refractivity contribution in [3.05, 3.63) is 60.2 Å². The van der Waals surface area contributed by atoms with Crippen molar-refractivity contribution in [2.75, 3.05) is 24.2 Å². The Morgan fingerprint density at radius 2 is 1.75 bits per heavy atom. The molecule has 0 spiro atoms. The molecular weight excluding hydrogens is 380 g/mol. The van der Waals surface area contributed by atoms with Crippen molar-refractivity contribution < 1.29 is 22.7 Å². The van der Waals surface area contributed by atoms with E-state index in [1.807, 2.05) is 0 Å². The summed E-state index contributed by atoms with van der Waals surface area (Å²) >= 11 is 0. The Balaban J connectivity index is 1.65. The van der Waals surface area contributed by atoms with E-state index in [0.717, 1.165) is 12.8 Å². The van der Waals surface area contributed by atoms with Gasteiger partial charge in [-0.2, -0.15) is 0 Å². The zero-order chi connectivity index (χ0) is 20.0. The summed E-state index contributed by atoms with van der Waals surface area (Å²) < 4.78 is 30.2. The van der Waals surface area contributed by atoms with Gasteiger partial charge in [0.15, 0.2) is 9.84 Å². The summed E-state index contributed by atoms with van der Waals surface area (Å²) in [5, 5.41) is 5.33. The molecule has 0 bridgehead atoms. The summed E-state index contributed by atoms with van der Waals surface area (Å²) in [6, 6.07) is 14.3. The van der Waals surface area contributed by atoms with Crippen LogP contribution in [-0.4, -0.2) is 45.2 Å². The molecule has 1 atom stereocenters. The van der Waals surface area contributed by atoms with Crippen LogP contribution in [0.4, 0.5) is 5.69 Å². The molecular formula is C20H22N2O5S. The van der Waals surface area contributed by atoms with Crippen LogP contribution in [0.3, 0.4) is 0 Å². The van der Waals surface area contributed by atoms with Gasteiger partial charge in [0.25, 0.3) is 5.91 Å². The lowest BCUT2D eigenvalue weighted by Gasteiger charge is -2.14. The Hall–Kier alpha value is -2.71. The molecule has 1 fully saturated rings. The number of nitrogens with one attached hydrogen (secondary N) is 2. The first-order valence-corrected chi connectivity index (χ1v) is 10.7. The van der Waals surface area contributed by atoms with Gasteiger partial charge in [0.2, 0.25) is 5.91 Å². The number of hydrogen-bond acceptors (Lipinski definition) is 5. The van der Waals surface area contributed by atoms with E-state index < -0.39 is 21.5 Å². The second-order valence-corrected chi connectivity index (χ2v) is 8.50. The van der Waals surface area contributed by atoms with Crippen molar-refractivity contribution >= 4 is 27.3 Å². The molecule has 1 heterocycles. The first-order chi connectivity index (χ1) is 13.5. The molecule has 28 heavy (non-hydrogen) atoms. The molecule has 2 N–H and O–H groups in total. The average Bonchev–Trinajstić information content (AvgIpc) is 3.20. The van der Waals surface area contributed by atoms with Crippen molar-refractivity contribution in [2.24, 2.45) is 0 Å². The molecule has 148 valence electrons. The third kappa shape index (κ3) is 5.17. The minimum atomic E-state index is -3.76. The molecule has 1 aliphatic heterocycles. The van der Waals surface area contributed by atoms with Crippen LogP contribution in [0.1, 0.15) is 23.2 Å². The van der Waals surface area contributed by atoms with Crippen LogP contribution in [0.25, 0.3) is 0 Å². The molecule has 0 aliphatic carbocycles. The van der Waals surface area contributed by atoms with Gasteiger partial charge in [0, 0.05) is 13.2 Å². The number of para-hydroxylation sites is 1. The number of hydrogen-bond donors (Lipinski definition) is 2. The Labute approximate surface area is 164 Å². The van der Waals surface area contributed by atoms with Crippen LogP contribution in [0.2, 0.25) is 0 Å². The molecule has 2 aromatic carbocycles. The Morgan fingerprint density at radius 1 is 1.04 bits per heavy atom. The van der Waals surface area contributed by atoms with E-state index in [1.165, 1.54) is 12.1 Å². The van der Waals surface area contributed by atoms with Gasteiger partial charge in [-0.25, -0.2) is 8.42 Å². The number of benzene rings is 2. The normalized spacial score (nSPS) is 16.5. The number of carbonyl (C=O) groups is 2. The van der Waals surface area contributed by atoms with Gasteiger partial charge in [0.1, 0.15) is 5.75 Å². The van der Waals surface area contributed by atoms with Gasteiger partial charge in [0.05, 0.1) is 22.3 Å². The molecule has 0 aromatic heterocycles. The Bertz CT molecular complexity index is 938. The average molecular weight is 402 g/mol. The summed E-state index contributed by atoms with van der Waals surface area (Å²) in [6.45, 7) is 1.09. The summed E-state index contributed by atoms with van der Waals surface area (Å²) in [7, 11) is -3.76. The maximum Gasteiger partial charge on any atom is 0.253 e. The first-order valence-electron chi connectivity index (χ1n) is 9.02. The van der Waals surface area contributed by atoms with Gasteiger partial charge in [-0.3, -0.25) is 9.59 Å². The monoisotopic (exact) mass is 402 g/mol. The lowest BCUT2D eigenvalue weighted by Crippen LogP contribution is -2.32. The predicted molar refractivity (Wildman–Crippen MR) is 105 cm³/mol. The zero-order valence-electron chi connectivity index (χ0n) is 15.3. The molecule has 0 saturated carbocycles. The van der Waals surface area contributed by atoms with Gasteiger partial charge < -0.3 is 15.4 Å². The number of carbonyl (C=O) groups excluding carboxylic acids is 2. The van der Waals surface area contributed by atoms with Crippen LogP contribution >= 0.6 is 0 Å². The second-order valence-electron chi connectivity index (χ2n) is 6.51. The largest absolute Gasteiger partial charge is 0.376 e. The van der Waals surface area contributed by atoms with Crippen LogP contribution in [0.15, 0.2) is 59.5 Å². The Kier molecular flexibility index (Phi) is 6.43. The number of rotatable bonds is 7. The van der Waals surface area contributed by atoms with Gasteiger partial charge in [-0.05, 0) is 37.1 Å². The van der Waals surface area contributed by atoms with E-state index in [1.54, 1.807) is 42.5 Å². The topological polar surface area (TPSA) is 102 Å². The summed E-state index contributed by atoms with van der Waals surface area (Å²) in [5.74, 6) is -1.76. The molecule has 8 heteroatoms. The van der Waals surface area contributed by atoms with Crippen molar-refractivity contribution in [1.82, 2.24) is 5.32 Å². The van der Waals surface area contributed by atoms with Crippen molar-refractivity contribution in [1.29, 1.82) is 0 Å². The number of anilines is 1. The SMILES string of the molecule is O=C(CS(=O)(=O)c1ccccc1)Nc1ccccc1C(=O)NC[C@@H]1CCCO1. The second kappa shape index (κ2) is 8.99. The van der Waals surface area contributed by atoms with Crippen LogP contribution < -0.4 is 10.6 Å². The van der Waals surface area contributed by atoms with E-state index >= 15 is 0 Å². The summed E-state index contributed by atoms with van der Waals surface area (Å²) in [4.78, 5) is 24.9. The molecule has 2 aromatic rings. The van der Waals surface area contributed by atoms with E-state index in [2.05, 4.69) is 10.6 Å². The summed E-state index contributed by atoms with van der Waals surface area (Å²) in [6.07, 6.45) is 1.88. The van der Waals surface area contributed by atoms with Crippen LogP contribution in [-0.2, 0) is 19.4 Å². The molecule has 1 aliphatic rings. The molecule has 2 amide bonds. The van der Waals surface area contributed by atoms with Crippen molar-refractivity contribution in [2.45, 2.75) is 23.8 Å². The lowest BCUT2D eigenvalue weighted by atomic mass is 10.1. The molecule has 7 nitrogen and oxygen atoms in total. The molecule has 3 rings (SSSR count). The third-order valence-corrected chi connectivity index (χ3v) is 6.02. The van der Waals surface area contributed by atoms with E-state index in [-0.39, 0.29) is 28.2 Å². The lowest BCUT2D eigenvalue weighted by molar-refractivity contribution is -0.113. The van der Waals surface area contributed by atoms with E-state index in [4.69, 9.17) is 4.74 Å². The van der Waals surface area contributed by atoms with E-state index in [9.17, 15) is 18.0 Å². The van der Waals surface area contributed by atoms with Gasteiger partial charge in [-0.1, -0.05) is 30.3 Å². The highest BCUT2D eigenvalue weighted by atomic mass is 32.2. The minimum absolute atomic E-state index is 0.00159. The highest BCUT2D eigenvalue weighted by molar-refractivity contribution is 7.92. The fraction of sp³-hybridized carbons (Fsp3) is 0.300. The fourth-order valence-electron chi connectivity index (χ4n) is 2.97. The third-order valence-electron chi connectivity index (χ3n) is 4.38. The molecule has 0 unspecified atom stereocenters. The van der Waals surface area contributed by atoms with E-state index in [0.29, 0.717) is 13.2 Å². The quantitative estimate of drug-likeness (QED) is 0.738. The standard InChI is InChI=1S/C20H22N2O5S/c23-19(14-28(25,26)16-8-2-1-3-9-16)22-18-11-5-4-10-17(18)20(24)21-13-15-7-6-12-27-15/h1-5,8-11,15H,6-7,12-14H2,(H,21,24)(H,22,23)/t15-/m0/s1.